The molecular weight excluding hydrogens is 154 g/mol. The molecule has 3 heteroatoms. The van der Waals surface area contributed by atoms with Crippen molar-refractivity contribution in [3.63, 3.8) is 0 Å². The van der Waals surface area contributed by atoms with E-state index < -0.39 is 5.97 Å². The second-order valence-corrected chi connectivity index (χ2v) is 3.49. The van der Waals surface area contributed by atoms with Crippen LogP contribution < -0.4 is 5.73 Å². The molecule has 3 nitrogen and oxygen atoms in total. The molecule has 3 atom stereocenters. The third-order valence-electron chi connectivity index (χ3n) is 2.58. The van der Waals surface area contributed by atoms with E-state index in [4.69, 9.17) is 10.8 Å². The summed E-state index contributed by atoms with van der Waals surface area (Å²) in [6.45, 7) is 2.03. The average Bonchev–Trinajstić information content (AvgIpc) is 1.94. The second kappa shape index (κ2) is 4.45. The van der Waals surface area contributed by atoms with Crippen molar-refractivity contribution >= 4 is 5.97 Å². The summed E-state index contributed by atoms with van der Waals surface area (Å²) in [5.74, 6) is -0.446. The van der Waals surface area contributed by atoms with Crippen LogP contribution in [0, 0.1) is 11.8 Å². The highest BCUT2D eigenvalue weighted by Crippen LogP contribution is 2.27. The van der Waals surface area contributed by atoms with Gasteiger partial charge in [0.2, 0.25) is 0 Å². The van der Waals surface area contributed by atoms with Crippen molar-refractivity contribution in [2.24, 2.45) is 17.6 Å². The van der Waals surface area contributed by atoms with E-state index in [1.165, 1.54) is 0 Å². The fourth-order valence-corrected chi connectivity index (χ4v) is 1.64. The molecule has 12 heavy (non-hydrogen) atoms. The van der Waals surface area contributed by atoms with E-state index in [2.05, 4.69) is 0 Å². The molecule has 1 aliphatic carbocycles. The molecule has 1 fully saturated rings. The van der Waals surface area contributed by atoms with E-state index in [9.17, 15) is 4.79 Å². The molecule has 0 radical (unpaired) electrons. The maximum absolute atomic E-state index is 10.6. The van der Waals surface area contributed by atoms with Gasteiger partial charge in [0.15, 0.2) is 0 Å². The number of rotatable bonds is 1. The summed E-state index contributed by atoms with van der Waals surface area (Å²) in [6.07, 6.45) is 2.36. The molecular formula is C9H19NO2. The standard InChI is InChI=1S/C8H15NO2.CH4/c1-5-4-6(8(10)11)2-3-7(5)9;/h5-7H,2-4,9H2,1H3,(H,10,11);1H4. The predicted molar refractivity (Wildman–Crippen MR) is 48.8 cm³/mol. The summed E-state index contributed by atoms with van der Waals surface area (Å²) < 4.78 is 0. The van der Waals surface area contributed by atoms with Gasteiger partial charge in [-0.25, -0.2) is 0 Å². The molecule has 0 aromatic rings. The second-order valence-electron chi connectivity index (χ2n) is 3.49. The largest absolute Gasteiger partial charge is 0.481 e. The van der Waals surface area contributed by atoms with Crippen molar-refractivity contribution in [3.05, 3.63) is 0 Å². The van der Waals surface area contributed by atoms with Crippen molar-refractivity contribution in [1.29, 1.82) is 0 Å². The van der Waals surface area contributed by atoms with Crippen molar-refractivity contribution in [3.8, 4) is 0 Å². The minimum Gasteiger partial charge on any atom is -0.481 e. The summed E-state index contributed by atoms with van der Waals surface area (Å²) in [4.78, 5) is 10.6. The first-order chi connectivity index (χ1) is 5.11. The zero-order chi connectivity index (χ0) is 8.43. The highest BCUT2D eigenvalue weighted by Gasteiger charge is 2.28. The minimum absolute atomic E-state index is 0. The maximum atomic E-state index is 10.6. The van der Waals surface area contributed by atoms with E-state index in [-0.39, 0.29) is 19.4 Å². The van der Waals surface area contributed by atoms with Crippen LogP contribution in [0.3, 0.4) is 0 Å². The molecule has 0 amide bonds. The van der Waals surface area contributed by atoms with Crippen LogP contribution in [-0.2, 0) is 4.79 Å². The van der Waals surface area contributed by atoms with Crippen molar-refractivity contribution in [2.75, 3.05) is 0 Å². The van der Waals surface area contributed by atoms with Gasteiger partial charge in [-0.1, -0.05) is 14.4 Å². The highest BCUT2D eigenvalue weighted by molar-refractivity contribution is 5.70. The van der Waals surface area contributed by atoms with Crippen LogP contribution in [-0.4, -0.2) is 17.1 Å². The molecule has 3 unspecified atom stereocenters. The van der Waals surface area contributed by atoms with E-state index in [1.807, 2.05) is 6.92 Å². The third kappa shape index (κ3) is 2.48. The van der Waals surface area contributed by atoms with Crippen LogP contribution >= 0.6 is 0 Å². The van der Waals surface area contributed by atoms with E-state index in [0.29, 0.717) is 5.92 Å². The zero-order valence-electron chi connectivity index (χ0n) is 6.79. The Labute approximate surface area is 74.0 Å². The fraction of sp³-hybridized carbons (Fsp3) is 0.889. The van der Waals surface area contributed by atoms with Gasteiger partial charge in [-0.05, 0) is 25.2 Å². The van der Waals surface area contributed by atoms with Gasteiger partial charge in [-0.3, -0.25) is 4.79 Å². The SMILES string of the molecule is C.CC1CC(C(=O)O)CCC1N. The molecule has 0 heterocycles. The van der Waals surface area contributed by atoms with Gasteiger partial charge in [0, 0.05) is 6.04 Å². The van der Waals surface area contributed by atoms with Crippen LogP contribution in [0.5, 0.6) is 0 Å². The third-order valence-corrected chi connectivity index (χ3v) is 2.58. The summed E-state index contributed by atoms with van der Waals surface area (Å²) in [5, 5.41) is 8.70. The molecule has 72 valence electrons. The predicted octanol–water partition coefficient (Wildman–Crippen LogP) is 1.47. The van der Waals surface area contributed by atoms with E-state index >= 15 is 0 Å². The number of carboxylic acid groups (broad SMARTS) is 1. The van der Waals surface area contributed by atoms with Gasteiger partial charge < -0.3 is 10.8 Å². The Morgan fingerprint density at radius 2 is 2.08 bits per heavy atom. The number of carboxylic acids is 1. The Morgan fingerprint density at radius 1 is 1.50 bits per heavy atom. The molecule has 0 aromatic heterocycles. The molecule has 1 saturated carbocycles. The zero-order valence-corrected chi connectivity index (χ0v) is 6.79. The highest BCUT2D eigenvalue weighted by atomic mass is 16.4. The Morgan fingerprint density at radius 3 is 2.50 bits per heavy atom. The van der Waals surface area contributed by atoms with Gasteiger partial charge in [0.25, 0.3) is 0 Å². The Hall–Kier alpha value is -0.570. The van der Waals surface area contributed by atoms with E-state index in [0.717, 1.165) is 19.3 Å². The van der Waals surface area contributed by atoms with Gasteiger partial charge >= 0.3 is 5.97 Å². The monoisotopic (exact) mass is 173 g/mol. The topological polar surface area (TPSA) is 63.3 Å². The summed E-state index contributed by atoms with van der Waals surface area (Å²) in [5.41, 5.74) is 5.75. The van der Waals surface area contributed by atoms with Crippen LogP contribution in [0.1, 0.15) is 33.6 Å². The molecule has 0 saturated heterocycles. The van der Waals surface area contributed by atoms with Gasteiger partial charge in [0.1, 0.15) is 0 Å². The van der Waals surface area contributed by atoms with Crippen LogP contribution in [0.15, 0.2) is 0 Å². The lowest BCUT2D eigenvalue weighted by molar-refractivity contribution is -0.143. The Balaban J connectivity index is 0.00000121. The van der Waals surface area contributed by atoms with Crippen LogP contribution in [0.25, 0.3) is 0 Å². The minimum atomic E-state index is -0.663. The number of carbonyl (C=O) groups is 1. The first-order valence-corrected chi connectivity index (χ1v) is 4.09. The molecule has 1 aliphatic rings. The van der Waals surface area contributed by atoms with Crippen LogP contribution in [0.2, 0.25) is 0 Å². The Bertz CT molecular complexity index is 159. The fourth-order valence-electron chi connectivity index (χ4n) is 1.64. The van der Waals surface area contributed by atoms with E-state index in [1.54, 1.807) is 0 Å². The molecule has 0 aliphatic heterocycles. The number of aliphatic carboxylic acids is 1. The molecule has 0 aromatic carbocycles. The van der Waals surface area contributed by atoms with Gasteiger partial charge in [-0.15, -0.1) is 0 Å². The average molecular weight is 173 g/mol. The normalized spacial score (nSPS) is 35.3. The lowest BCUT2D eigenvalue weighted by Crippen LogP contribution is -2.36. The molecule has 0 spiro atoms. The van der Waals surface area contributed by atoms with Gasteiger partial charge in [0.05, 0.1) is 5.92 Å². The molecule has 0 bridgehead atoms. The number of hydrogen-bond acceptors (Lipinski definition) is 2. The first kappa shape index (κ1) is 11.4. The number of nitrogens with two attached hydrogens (primary N) is 1. The quantitative estimate of drug-likeness (QED) is 0.631. The number of hydrogen-bond donors (Lipinski definition) is 2. The maximum Gasteiger partial charge on any atom is 0.306 e. The summed E-state index contributed by atoms with van der Waals surface area (Å²) in [6, 6.07) is 0.214. The summed E-state index contributed by atoms with van der Waals surface area (Å²) in [7, 11) is 0. The molecule has 3 N–H and O–H groups in total. The van der Waals surface area contributed by atoms with Crippen molar-refractivity contribution < 1.29 is 9.90 Å². The lowest BCUT2D eigenvalue weighted by atomic mass is 9.79. The summed E-state index contributed by atoms with van der Waals surface area (Å²) >= 11 is 0. The van der Waals surface area contributed by atoms with Crippen LogP contribution in [0.4, 0.5) is 0 Å². The first-order valence-electron chi connectivity index (χ1n) is 4.09. The Kier molecular flexibility index (Phi) is 4.24. The van der Waals surface area contributed by atoms with Gasteiger partial charge in [-0.2, -0.15) is 0 Å². The lowest BCUT2D eigenvalue weighted by Gasteiger charge is -2.29. The molecule has 1 rings (SSSR count). The smallest absolute Gasteiger partial charge is 0.306 e. The van der Waals surface area contributed by atoms with Crippen molar-refractivity contribution in [1.82, 2.24) is 0 Å². The van der Waals surface area contributed by atoms with Crippen molar-refractivity contribution in [2.45, 2.75) is 39.7 Å².